The summed E-state index contributed by atoms with van der Waals surface area (Å²) in [6.45, 7) is 5.83. The first-order valence-corrected chi connectivity index (χ1v) is 5.45. The number of rotatable bonds is 0. The van der Waals surface area contributed by atoms with Crippen LogP contribution in [0.25, 0.3) is 0 Å². The minimum atomic E-state index is -1.08. The van der Waals surface area contributed by atoms with E-state index in [9.17, 15) is 0 Å². The largest absolute Gasteiger partial charge is 3.00 e. The molecule has 16 nitrogen and oxygen atoms in total. The molecular weight excluding hydrogens is 678 g/mol. The average molecular weight is 704 g/mol. The summed E-state index contributed by atoms with van der Waals surface area (Å²) in [5, 5.41) is 53.3. The van der Waals surface area contributed by atoms with E-state index in [-0.39, 0.29) is 93.1 Å². The van der Waals surface area contributed by atoms with Crippen molar-refractivity contribution in [3.63, 3.8) is 0 Å². The average Bonchev–Trinajstić information content (AvgIpc) is 2.08. The molecule has 0 radical (unpaired) electrons. The molecule has 0 aliphatic rings. The molecule has 0 bridgehead atoms. The maximum absolute atomic E-state index is 8.89. The Hall–Kier alpha value is -0.950. The van der Waals surface area contributed by atoms with Crippen molar-refractivity contribution in [1.29, 1.82) is 0 Å². The van der Waals surface area contributed by atoms with E-state index in [0.717, 1.165) is 41.5 Å². The molecule has 0 aliphatic carbocycles. The maximum Gasteiger partial charge on any atom is 3.00 e. The Morgan fingerprint density at radius 1 is 0.333 bits per heavy atom. The quantitative estimate of drug-likeness (QED) is 0.227. The summed E-state index contributed by atoms with van der Waals surface area (Å²) in [4.78, 5) is 53.3. The summed E-state index contributed by atoms with van der Waals surface area (Å²) in [6.07, 6.45) is 0. The Morgan fingerprint density at radius 2 is 0.333 bits per heavy atom. The standard InChI is InChI=1S/6C2H4O2.2La.4H2O/c6*1-2(3)4;;;;;;/h6*1H3,(H,3,4);;;4*1H2/q;;;;;;2*+3;;;;/p-6. The van der Waals surface area contributed by atoms with E-state index in [4.69, 9.17) is 59.4 Å². The fraction of sp³-hybridized carbons (Fsp3) is 0.500. The zero-order valence-electron chi connectivity index (χ0n) is 17.1. The molecule has 0 fully saturated rings. The fourth-order valence-corrected chi connectivity index (χ4v) is 0. The van der Waals surface area contributed by atoms with E-state index in [1.54, 1.807) is 0 Å². The van der Waals surface area contributed by atoms with Crippen LogP contribution in [0, 0.1) is 71.2 Å². The van der Waals surface area contributed by atoms with E-state index >= 15 is 0 Å². The van der Waals surface area contributed by atoms with Gasteiger partial charge >= 0.3 is 71.2 Å². The summed E-state index contributed by atoms with van der Waals surface area (Å²) in [5.41, 5.74) is 0. The Balaban J connectivity index is -0.0000000125. The van der Waals surface area contributed by atoms with Gasteiger partial charge in [0.1, 0.15) is 0 Å². The molecule has 0 aromatic carbocycles. The van der Waals surface area contributed by atoms with Gasteiger partial charge in [0.15, 0.2) is 0 Å². The van der Waals surface area contributed by atoms with Gasteiger partial charge in [0.2, 0.25) is 0 Å². The Labute approximate surface area is 228 Å². The van der Waals surface area contributed by atoms with E-state index in [1.807, 2.05) is 0 Å². The molecular formula is C12H26La2O16. The van der Waals surface area contributed by atoms with Crippen LogP contribution in [0.5, 0.6) is 0 Å². The third-order valence-corrected chi connectivity index (χ3v) is 0. The normalized spacial score (nSPS) is 5.00. The van der Waals surface area contributed by atoms with Crippen molar-refractivity contribution in [3.05, 3.63) is 0 Å². The molecule has 0 spiro atoms. The second-order valence-corrected chi connectivity index (χ2v) is 2.95. The molecule has 0 aliphatic heterocycles. The minimum absolute atomic E-state index is 0. The molecule has 30 heavy (non-hydrogen) atoms. The van der Waals surface area contributed by atoms with Crippen molar-refractivity contribution >= 4 is 35.8 Å². The molecule has 176 valence electrons. The van der Waals surface area contributed by atoms with Crippen LogP contribution in [0.4, 0.5) is 0 Å². The first-order chi connectivity index (χ1) is 10.4. The SMILES string of the molecule is CC(=O)[O-].CC(=O)[O-].CC(=O)[O-].CC(=O)[O-].CC(=O)[O-].CC(=O)[O-].O.O.O.O.[La+3].[La+3]. The van der Waals surface area contributed by atoms with Gasteiger partial charge in [-0.05, 0) is 41.5 Å². The minimum Gasteiger partial charge on any atom is -0.550 e. The molecule has 0 aromatic heterocycles. The zero-order chi connectivity index (χ0) is 21.5. The molecule has 0 amide bonds. The predicted octanol–water partition coefficient (Wildman–Crippen LogP) is -10.8. The van der Waals surface area contributed by atoms with Crippen LogP contribution in [0.2, 0.25) is 0 Å². The number of hydrogen-bond donors (Lipinski definition) is 0. The van der Waals surface area contributed by atoms with Crippen LogP contribution >= 0.6 is 0 Å². The maximum atomic E-state index is 8.89. The van der Waals surface area contributed by atoms with Crippen LogP contribution in [0.15, 0.2) is 0 Å². The van der Waals surface area contributed by atoms with Crippen LogP contribution < -0.4 is 30.6 Å². The zero-order valence-corrected chi connectivity index (χ0v) is 24.3. The van der Waals surface area contributed by atoms with Gasteiger partial charge in [0.25, 0.3) is 0 Å². The van der Waals surface area contributed by atoms with Gasteiger partial charge in [-0.25, -0.2) is 0 Å². The molecule has 0 saturated heterocycles. The van der Waals surface area contributed by atoms with Crippen molar-refractivity contribution < 1.29 is 153 Å². The number of aliphatic carboxylic acids is 6. The number of carbonyl (C=O) groups is 6. The van der Waals surface area contributed by atoms with Gasteiger partial charge in [0.05, 0.1) is 0 Å². The second kappa shape index (κ2) is 70.6. The number of carbonyl (C=O) groups excluding carboxylic acids is 6. The molecule has 0 saturated carbocycles. The van der Waals surface area contributed by atoms with Crippen molar-refractivity contribution in [2.24, 2.45) is 0 Å². The van der Waals surface area contributed by atoms with Gasteiger partial charge < -0.3 is 81.3 Å². The summed E-state index contributed by atoms with van der Waals surface area (Å²) in [7, 11) is 0. The van der Waals surface area contributed by atoms with Gasteiger partial charge in [-0.2, -0.15) is 0 Å². The smallest absolute Gasteiger partial charge is 0.550 e. The molecule has 18 heteroatoms. The molecule has 0 unspecified atom stereocenters. The second-order valence-electron chi connectivity index (χ2n) is 2.95. The molecule has 8 N–H and O–H groups in total. The summed E-state index contributed by atoms with van der Waals surface area (Å²) >= 11 is 0. The number of carboxylic acids is 6. The first kappa shape index (κ1) is 78.6. The molecule has 0 aromatic rings. The summed E-state index contributed by atoms with van der Waals surface area (Å²) in [5.74, 6) is -6.50. The Morgan fingerprint density at radius 3 is 0.333 bits per heavy atom. The Bertz CT molecular complexity index is 269. The fourth-order valence-electron chi connectivity index (χ4n) is 0. The Kier molecular flexibility index (Phi) is 185. The van der Waals surface area contributed by atoms with Gasteiger partial charge in [-0.3, -0.25) is 0 Å². The van der Waals surface area contributed by atoms with Crippen LogP contribution in [0.1, 0.15) is 41.5 Å². The predicted molar refractivity (Wildman–Crippen MR) is 78.5 cm³/mol. The van der Waals surface area contributed by atoms with Gasteiger partial charge in [-0.1, -0.05) is 0 Å². The molecule has 0 rings (SSSR count). The van der Waals surface area contributed by atoms with Crippen molar-refractivity contribution in [2.75, 3.05) is 0 Å². The molecule has 0 heterocycles. The van der Waals surface area contributed by atoms with Crippen molar-refractivity contribution in [1.82, 2.24) is 0 Å². The van der Waals surface area contributed by atoms with Crippen LogP contribution in [-0.2, 0) is 28.8 Å². The topological polar surface area (TPSA) is 367 Å². The van der Waals surface area contributed by atoms with Crippen LogP contribution in [0.3, 0.4) is 0 Å². The van der Waals surface area contributed by atoms with E-state index in [0.29, 0.717) is 0 Å². The number of hydrogen-bond acceptors (Lipinski definition) is 12. The molecule has 0 atom stereocenters. The van der Waals surface area contributed by atoms with Gasteiger partial charge in [-0.15, -0.1) is 0 Å². The van der Waals surface area contributed by atoms with Crippen molar-refractivity contribution in [3.8, 4) is 0 Å². The van der Waals surface area contributed by atoms with Crippen molar-refractivity contribution in [2.45, 2.75) is 41.5 Å². The number of carboxylic acid groups (broad SMARTS) is 6. The third kappa shape index (κ3) is 20300. The van der Waals surface area contributed by atoms with E-state index in [2.05, 4.69) is 0 Å². The van der Waals surface area contributed by atoms with Crippen LogP contribution in [-0.4, -0.2) is 57.7 Å². The van der Waals surface area contributed by atoms with E-state index < -0.39 is 35.8 Å². The summed E-state index contributed by atoms with van der Waals surface area (Å²) < 4.78 is 0. The monoisotopic (exact) mass is 704 g/mol. The summed E-state index contributed by atoms with van der Waals surface area (Å²) in [6, 6.07) is 0. The van der Waals surface area contributed by atoms with E-state index in [1.165, 1.54) is 0 Å². The van der Waals surface area contributed by atoms with Gasteiger partial charge in [0, 0.05) is 35.8 Å². The third-order valence-electron chi connectivity index (χ3n) is 0. The first-order valence-electron chi connectivity index (χ1n) is 5.45.